The second-order valence-electron chi connectivity index (χ2n) is 5.90. The predicted octanol–water partition coefficient (Wildman–Crippen LogP) is 3.43. The van der Waals surface area contributed by atoms with E-state index in [9.17, 15) is 9.59 Å². The van der Waals surface area contributed by atoms with E-state index >= 15 is 0 Å². The molecule has 1 aromatic heterocycles. The minimum atomic E-state index is -0.584. The number of carbonyl (C=O) groups is 2. The molecule has 3 aromatic rings. The number of ether oxygens (including phenoxy) is 3. The molecule has 0 aliphatic heterocycles. The van der Waals surface area contributed by atoms with Gasteiger partial charge in [0.2, 0.25) is 5.76 Å². The lowest BCUT2D eigenvalue weighted by Crippen LogP contribution is -2.24. The highest BCUT2D eigenvalue weighted by Gasteiger charge is 2.11. The van der Waals surface area contributed by atoms with Gasteiger partial charge in [0, 0.05) is 0 Å². The van der Waals surface area contributed by atoms with Gasteiger partial charge in [0.25, 0.3) is 5.91 Å². The molecule has 154 valence electrons. The zero-order valence-electron chi connectivity index (χ0n) is 16.2. The van der Waals surface area contributed by atoms with E-state index in [-0.39, 0.29) is 12.4 Å². The van der Waals surface area contributed by atoms with Crippen LogP contribution in [0.2, 0.25) is 0 Å². The first-order chi connectivity index (χ1) is 14.7. The summed E-state index contributed by atoms with van der Waals surface area (Å²) < 4.78 is 21.1. The number of rotatable bonds is 9. The van der Waals surface area contributed by atoms with E-state index in [1.165, 1.54) is 18.5 Å². The average Bonchev–Trinajstić information content (AvgIpc) is 3.30. The third kappa shape index (κ3) is 5.96. The molecule has 0 saturated carbocycles. The first-order valence-electron chi connectivity index (χ1n) is 9.18. The predicted molar refractivity (Wildman–Crippen MR) is 109 cm³/mol. The summed E-state index contributed by atoms with van der Waals surface area (Å²) in [4.78, 5) is 23.7. The summed E-state index contributed by atoms with van der Waals surface area (Å²) in [5.41, 5.74) is 3.09. The maximum atomic E-state index is 11.9. The highest BCUT2D eigenvalue weighted by atomic mass is 16.5. The number of para-hydroxylation sites is 2. The average molecular weight is 408 g/mol. The van der Waals surface area contributed by atoms with E-state index in [1.807, 2.05) is 13.0 Å². The van der Waals surface area contributed by atoms with Gasteiger partial charge in [-0.25, -0.2) is 10.2 Å². The van der Waals surface area contributed by atoms with Crippen molar-refractivity contribution in [3.8, 4) is 17.2 Å². The maximum Gasteiger partial charge on any atom is 0.379 e. The van der Waals surface area contributed by atoms with E-state index in [2.05, 4.69) is 10.5 Å². The first kappa shape index (κ1) is 20.7. The quantitative estimate of drug-likeness (QED) is 0.252. The van der Waals surface area contributed by atoms with Crippen LogP contribution in [0.25, 0.3) is 0 Å². The highest BCUT2D eigenvalue weighted by molar-refractivity contribution is 5.88. The van der Waals surface area contributed by atoms with Crippen LogP contribution in [0.4, 0.5) is 0 Å². The molecule has 1 N–H and O–H groups in total. The Morgan fingerprint density at radius 2 is 1.73 bits per heavy atom. The highest BCUT2D eigenvalue weighted by Crippen LogP contribution is 2.26. The summed E-state index contributed by atoms with van der Waals surface area (Å²) >= 11 is 0. The summed E-state index contributed by atoms with van der Waals surface area (Å²) in [6.07, 6.45) is 2.86. The van der Waals surface area contributed by atoms with Crippen molar-refractivity contribution in [2.75, 3.05) is 13.2 Å². The van der Waals surface area contributed by atoms with Crippen LogP contribution in [0, 0.1) is 0 Å². The maximum absolute atomic E-state index is 11.9. The molecule has 0 saturated heterocycles. The van der Waals surface area contributed by atoms with Gasteiger partial charge in [0.05, 0.1) is 19.1 Å². The van der Waals surface area contributed by atoms with Gasteiger partial charge in [0.15, 0.2) is 18.1 Å². The van der Waals surface area contributed by atoms with Crippen LogP contribution in [0.1, 0.15) is 23.0 Å². The number of benzene rings is 2. The van der Waals surface area contributed by atoms with Crippen molar-refractivity contribution in [3.63, 3.8) is 0 Å². The molecule has 0 unspecified atom stereocenters. The number of nitrogens with zero attached hydrogens (tertiary/aromatic N) is 1. The van der Waals surface area contributed by atoms with E-state index in [1.54, 1.807) is 48.5 Å². The minimum absolute atomic E-state index is 0.120. The fourth-order valence-electron chi connectivity index (χ4n) is 2.37. The van der Waals surface area contributed by atoms with Crippen molar-refractivity contribution in [2.24, 2.45) is 5.10 Å². The zero-order chi connectivity index (χ0) is 21.2. The Morgan fingerprint density at radius 3 is 2.40 bits per heavy atom. The third-order valence-corrected chi connectivity index (χ3v) is 3.72. The van der Waals surface area contributed by atoms with Crippen LogP contribution < -0.4 is 19.6 Å². The number of esters is 1. The van der Waals surface area contributed by atoms with Gasteiger partial charge < -0.3 is 18.6 Å². The molecule has 1 heterocycles. The van der Waals surface area contributed by atoms with E-state index < -0.39 is 11.9 Å². The van der Waals surface area contributed by atoms with Crippen molar-refractivity contribution >= 4 is 18.1 Å². The van der Waals surface area contributed by atoms with Gasteiger partial charge in [-0.1, -0.05) is 12.1 Å². The fraction of sp³-hybridized carbons (Fsp3) is 0.136. The number of furan rings is 1. The smallest absolute Gasteiger partial charge is 0.379 e. The number of hydrogen-bond donors (Lipinski definition) is 1. The molecule has 0 bridgehead atoms. The SMILES string of the molecule is CCOc1ccccc1OCC(=O)N/N=C/c1ccc(OC(=O)c2ccco2)cc1. The van der Waals surface area contributed by atoms with Gasteiger partial charge in [-0.2, -0.15) is 5.10 Å². The standard InChI is InChI=1S/C22H20N2O6/c1-2-27-18-6-3-4-7-19(18)29-15-21(25)24-23-14-16-9-11-17(12-10-16)30-22(26)20-8-5-13-28-20/h3-14H,2,15H2,1H3,(H,24,25)/b23-14+. The normalized spacial score (nSPS) is 10.6. The summed E-state index contributed by atoms with van der Waals surface area (Å²) in [6, 6.07) is 16.8. The topological polar surface area (TPSA) is 99.4 Å². The minimum Gasteiger partial charge on any atom is -0.490 e. The van der Waals surface area contributed by atoms with Gasteiger partial charge in [-0.05, 0) is 61.0 Å². The molecule has 30 heavy (non-hydrogen) atoms. The second-order valence-corrected chi connectivity index (χ2v) is 5.90. The summed E-state index contributed by atoms with van der Waals surface area (Å²) in [6.45, 7) is 2.16. The molecule has 0 fully saturated rings. The van der Waals surface area contributed by atoms with Gasteiger partial charge in [-0.3, -0.25) is 4.79 Å². The lowest BCUT2D eigenvalue weighted by Gasteiger charge is -2.10. The molecule has 3 rings (SSSR count). The van der Waals surface area contributed by atoms with Crippen molar-refractivity contribution in [1.82, 2.24) is 5.43 Å². The van der Waals surface area contributed by atoms with Crippen molar-refractivity contribution in [1.29, 1.82) is 0 Å². The van der Waals surface area contributed by atoms with E-state index in [4.69, 9.17) is 18.6 Å². The van der Waals surface area contributed by atoms with E-state index in [0.717, 1.165) is 0 Å². The van der Waals surface area contributed by atoms with Gasteiger partial charge >= 0.3 is 5.97 Å². The molecular weight excluding hydrogens is 388 g/mol. The molecule has 0 aliphatic carbocycles. The van der Waals surface area contributed by atoms with Crippen LogP contribution in [0.3, 0.4) is 0 Å². The number of carbonyl (C=O) groups excluding carboxylic acids is 2. The number of amides is 1. The summed E-state index contributed by atoms with van der Waals surface area (Å²) in [5.74, 6) is 0.539. The monoisotopic (exact) mass is 408 g/mol. The number of hydrogen-bond acceptors (Lipinski definition) is 7. The second kappa shape index (κ2) is 10.5. The fourth-order valence-corrected chi connectivity index (χ4v) is 2.37. The van der Waals surface area contributed by atoms with E-state index in [0.29, 0.717) is 29.4 Å². The van der Waals surface area contributed by atoms with Gasteiger partial charge in [-0.15, -0.1) is 0 Å². The van der Waals surface area contributed by atoms with Crippen LogP contribution in [0.5, 0.6) is 17.2 Å². The number of nitrogens with one attached hydrogen (secondary N) is 1. The molecule has 0 atom stereocenters. The first-order valence-corrected chi connectivity index (χ1v) is 9.18. The molecule has 2 aromatic carbocycles. The molecule has 0 aliphatic rings. The molecular formula is C22H20N2O6. The lowest BCUT2D eigenvalue weighted by atomic mass is 10.2. The summed E-state index contributed by atoms with van der Waals surface area (Å²) in [7, 11) is 0. The Balaban J connectivity index is 1.46. The summed E-state index contributed by atoms with van der Waals surface area (Å²) in [5, 5.41) is 3.89. The molecule has 1 amide bonds. The molecule has 0 radical (unpaired) electrons. The van der Waals surface area contributed by atoms with Crippen LogP contribution in [-0.4, -0.2) is 31.3 Å². The Kier molecular flexibility index (Phi) is 7.21. The molecule has 8 heteroatoms. The van der Waals surface area contributed by atoms with Crippen molar-refractivity contribution in [3.05, 3.63) is 78.3 Å². The zero-order valence-corrected chi connectivity index (χ0v) is 16.2. The van der Waals surface area contributed by atoms with Crippen LogP contribution in [-0.2, 0) is 4.79 Å². The Morgan fingerprint density at radius 1 is 1.00 bits per heavy atom. The third-order valence-electron chi connectivity index (χ3n) is 3.72. The Bertz CT molecular complexity index is 997. The Hall–Kier alpha value is -4.07. The Labute approximate surface area is 173 Å². The van der Waals surface area contributed by atoms with Crippen molar-refractivity contribution in [2.45, 2.75) is 6.92 Å². The van der Waals surface area contributed by atoms with Crippen LogP contribution in [0.15, 0.2) is 76.4 Å². The van der Waals surface area contributed by atoms with Crippen LogP contribution >= 0.6 is 0 Å². The van der Waals surface area contributed by atoms with Crippen molar-refractivity contribution < 1.29 is 28.2 Å². The molecule has 8 nitrogen and oxygen atoms in total. The molecule has 0 spiro atoms. The number of hydrazone groups is 1. The lowest BCUT2D eigenvalue weighted by molar-refractivity contribution is -0.123. The largest absolute Gasteiger partial charge is 0.490 e. The van der Waals surface area contributed by atoms with Gasteiger partial charge in [0.1, 0.15) is 5.75 Å².